The molecule has 2 N–H and O–H groups in total. The highest BCUT2D eigenvalue weighted by Crippen LogP contribution is 2.47. The molecule has 5 unspecified atom stereocenters. The number of allylic oxidation sites excluding steroid dienone is 1. The van der Waals surface area contributed by atoms with Crippen molar-refractivity contribution in [3.63, 3.8) is 0 Å². The third kappa shape index (κ3) is 7.79. The Labute approximate surface area is 314 Å². The Bertz CT molecular complexity index is 2060. The van der Waals surface area contributed by atoms with Crippen LogP contribution < -0.4 is 19.5 Å². The summed E-state index contributed by atoms with van der Waals surface area (Å²) in [5.41, 5.74) is 1.67. The molecule has 4 aliphatic rings. The van der Waals surface area contributed by atoms with Crippen LogP contribution in [0.4, 0.5) is 0 Å². The maximum absolute atomic E-state index is 14.3. The Balaban J connectivity index is 1.20. The van der Waals surface area contributed by atoms with Gasteiger partial charge in [-0.05, 0) is 76.3 Å². The van der Waals surface area contributed by atoms with Gasteiger partial charge in [0.05, 0.1) is 36.3 Å². The predicted molar refractivity (Wildman–Crippen MR) is 200 cm³/mol. The number of nitrogens with one attached hydrogen (secondary N) is 2. The number of hydrogen-bond acceptors (Lipinski definition) is 11. The number of fused-ring (bicyclic) bond motifs is 3. The highest BCUT2D eigenvalue weighted by molar-refractivity contribution is 7.85. The van der Waals surface area contributed by atoms with E-state index in [1.807, 2.05) is 42.7 Å². The highest BCUT2D eigenvalue weighted by Gasteiger charge is 2.62. The maximum atomic E-state index is 14.3. The Morgan fingerprint density at radius 3 is 2.58 bits per heavy atom. The maximum Gasteiger partial charge on any atom is 0.362 e. The van der Waals surface area contributed by atoms with Crippen molar-refractivity contribution in [3.8, 4) is 22.2 Å². The van der Waals surface area contributed by atoms with Crippen molar-refractivity contribution in [1.29, 1.82) is 0 Å². The number of amides is 3. The zero-order valence-corrected chi connectivity index (χ0v) is 32.3. The molecular formula is C38H47N5O8S2. The molecule has 7 rings (SSSR count). The second-order valence-electron chi connectivity index (χ2n) is 15.1. The zero-order chi connectivity index (χ0) is 37.7. The van der Waals surface area contributed by atoms with Crippen molar-refractivity contribution in [3.05, 3.63) is 47.0 Å². The number of aromatic nitrogens is 2. The van der Waals surface area contributed by atoms with Gasteiger partial charge in [0, 0.05) is 41.9 Å². The first-order valence-corrected chi connectivity index (χ1v) is 20.7. The number of ether oxygens (including phenoxy) is 2. The topological polar surface area (TPSA) is 166 Å². The Morgan fingerprint density at radius 1 is 1.09 bits per heavy atom. The second kappa shape index (κ2) is 14.6. The lowest BCUT2D eigenvalue weighted by Crippen LogP contribution is -2.54. The number of benzene rings is 1. The van der Waals surface area contributed by atoms with Crippen LogP contribution in [0.1, 0.15) is 82.4 Å². The van der Waals surface area contributed by atoms with E-state index < -0.39 is 57.6 Å². The van der Waals surface area contributed by atoms with Crippen LogP contribution in [0.2, 0.25) is 0 Å². The van der Waals surface area contributed by atoms with Crippen LogP contribution in [-0.4, -0.2) is 79.5 Å². The summed E-state index contributed by atoms with van der Waals surface area (Å²) in [6.07, 6.45) is 7.11. The number of rotatable bonds is 9. The first kappa shape index (κ1) is 37.2. The van der Waals surface area contributed by atoms with Gasteiger partial charge in [0.15, 0.2) is 0 Å². The number of methoxy groups -OCH3 is 1. The molecule has 0 bridgehead atoms. The fourth-order valence-corrected chi connectivity index (χ4v) is 9.39. The van der Waals surface area contributed by atoms with Crippen molar-refractivity contribution in [2.24, 2.45) is 17.8 Å². The molecule has 0 radical (unpaired) electrons. The molecule has 0 saturated heterocycles. The Kier molecular flexibility index (Phi) is 10.3. The van der Waals surface area contributed by atoms with E-state index in [4.69, 9.17) is 23.6 Å². The van der Waals surface area contributed by atoms with Gasteiger partial charge in [-0.2, -0.15) is 8.42 Å². The number of carbonyl (C=O) groups is 3. The highest BCUT2D eigenvalue weighted by atomic mass is 32.2. The molecule has 3 heterocycles. The average molecular weight is 766 g/mol. The van der Waals surface area contributed by atoms with Crippen molar-refractivity contribution in [2.45, 2.75) is 95.8 Å². The molecule has 3 saturated carbocycles. The molecule has 284 valence electrons. The van der Waals surface area contributed by atoms with Crippen molar-refractivity contribution in [1.82, 2.24) is 24.9 Å². The lowest BCUT2D eigenvalue weighted by atomic mass is 9.93. The van der Waals surface area contributed by atoms with Crippen molar-refractivity contribution >= 4 is 50.3 Å². The van der Waals surface area contributed by atoms with Crippen LogP contribution in [0.25, 0.3) is 21.6 Å². The molecule has 1 aromatic carbocycles. The van der Waals surface area contributed by atoms with E-state index in [0.717, 1.165) is 40.9 Å². The molecule has 13 nitrogen and oxygen atoms in total. The van der Waals surface area contributed by atoms with Gasteiger partial charge >= 0.3 is 10.3 Å². The summed E-state index contributed by atoms with van der Waals surface area (Å²) in [7, 11) is -0.993. The third-order valence-electron chi connectivity index (χ3n) is 10.8. The van der Waals surface area contributed by atoms with Crippen LogP contribution in [0.3, 0.4) is 0 Å². The van der Waals surface area contributed by atoms with Crippen LogP contribution >= 0.6 is 11.3 Å². The summed E-state index contributed by atoms with van der Waals surface area (Å²) in [6, 6.07) is 5.63. The normalized spacial score (nSPS) is 26.5. The lowest BCUT2D eigenvalue weighted by Gasteiger charge is -2.26. The van der Waals surface area contributed by atoms with E-state index in [1.165, 1.54) is 11.3 Å². The molecule has 0 spiro atoms. The van der Waals surface area contributed by atoms with Gasteiger partial charge in [0.1, 0.15) is 33.8 Å². The van der Waals surface area contributed by atoms with Crippen molar-refractivity contribution in [2.75, 3.05) is 20.7 Å². The standard InChI is InChI=1S/C38H47N5O8S2/c1-21(2)30-20-52-35(40-30)29-18-32(26-13-14-31(49-5)22(3)33(26)39-29)50-25-16-27-28(17-25)36(45)43(4)15-9-7-6-8-10-23-19-38(23,41-34(27)44)37(46)42-53(47,48)51-24-11-12-24/h8,10,13-14,18,20-21,23-25,27-28H,6-7,9,11-12,15-17,19H2,1-5H3,(H,41,44)(H,42,46). The summed E-state index contributed by atoms with van der Waals surface area (Å²) < 4.78 is 44.8. The van der Waals surface area contributed by atoms with Crippen molar-refractivity contribution < 1.29 is 36.5 Å². The smallest absolute Gasteiger partial charge is 0.362 e. The van der Waals surface area contributed by atoms with E-state index >= 15 is 0 Å². The number of thiazole rings is 1. The monoisotopic (exact) mass is 765 g/mol. The van der Waals surface area contributed by atoms with E-state index in [-0.39, 0.29) is 31.1 Å². The molecule has 3 amide bonds. The second-order valence-corrected chi connectivity index (χ2v) is 17.2. The van der Waals surface area contributed by atoms with E-state index in [9.17, 15) is 22.8 Å². The molecule has 3 fully saturated rings. The number of pyridine rings is 1. The van der Waals surface area contributed by atoms with Gasteiger partial charge in [-0.15, -0.1) is 11.3 Å². The molecule has 1 aliphatic heterocycles. The van der Waals surface area contributed by atoms with E-state index in [0.29, 0.717) is 42.1 Å². The van der Waals surface area contributed by atoms with Gasteiger partial charge in [-0.1, -0.05) is 26.0 Å². The number of carbonyl (C=O) groups excluding carboxylic acids is 3. The van der Waals surface area contributed by atoms with Crippen LogP contribution in [0.5, 0.6) is 11.5 Å². The Morgan fingerprint density at radius 2 is 1.87 bits per heavy atom. The average Bonchev–Trinajstić information content (AvgIpc) is 3.93. The molecule has 3 aromatic rings. The quantitative estimate of drug-likeness (QED) is 0.277. The molecular weight excluding hydrogens is 719 g/mol. The van der Waals surface area contributed by atoms with Gasteiger partial charge in [0.25, 0.3) is 5.91 Å². The van der Waals surface area contributed by atoms with Gasteiger partial charge in [0.2, 0.25) is 11.8 Å². The third-order valence-corrected chi connectivity index (χ3v) is 12.6. The molecule has 15 heteroatoms. The van der Waals surface area contributed by atoms with Gasteiger partial charge < -0.3 is 19.7 Å². The summed E-state index contributed by atoms with van der Waals surface area (Å²) >= 11 is 1.51. The number of hydrogen-bond donors (Lipinski definition) is 2. The SMILES string of the molecule is COc1ccc2c(OC3CC4C(=O)NC5(C(=O)NS(=O)(=O)OC6CC6)CC5C=CCCCCN(C)C(=O)C4C3)cc(-c3nc(C(C)C)cs3)nc2c1C. The molecule has 3 aliphatic carbocycles. The fourth-order valence-electron chi connectivity index (χ4n) is 7.44. The largest absolute Gasteiger partial charge is 0.496 e. The number of aryl methyl sites for hydroxylation is 1. The Hall–Kier alpha value is -4.08. The molecule has 2 aromatic heterocycles. The van der Waals surface area contributed by atoms with Crippen LogP contribution in [0, 0.1) is 24.7 Å². The molecule has 5 atom stereocenters. The fraction of sp³-hybridized carbons (Fsp3) is 0.553. The summed E-state index contributed by atoms with van der Waals surface area (Å²) in [5, 5.41) is 6.46. The predicted octanol–water partition coefficient (Wildman–Crippen LogP) is 5.19. The van der Waals surface area contributed by atoms with Crippen LogP contribution in [0.15, 0.2) is 35.7 Å². The summed E-state index contributed by atoms with van der Waals surface area (Å²) in [5.74, 6) is -1.96. The van der Waals surface area contributed by atoms with E-state index in [2.05, 4.69) is 23.9 Å². The minimum Gasteiger partial charge on any atom is -0.496 e. The first-order chi connectivity index (χ1) is 25.3. The number of nitrogens with zero attached hydrogens (tertiary/aromatic N) is 3. The summed E-state index contributed by atoms with van der Waals surface area (Å²) in [4.78, 5) is 53.5. The van der Waals surface area contributed by atoms with Gasteiger partial charge in [-0.3, -0.25) is 18.6 Å². The zero-order valence-electron chi connectivity index (χ0n) is 30.7. The minimum atomic E-state index is -4.36. The minimum absolute atomic E-state index is 0.167. The first-order valence-electron chi connectivity index (χ1n) is 18.4. The van der Waals surface area contributed by atoms with Gasteiger partial charge in [-0.25, -0.2) is 14.7 Å². The molecule has 53 heavy (non-hydrogen) atoms. The van der Waals surface area contributed by atoms with E-state index in [1.54, 1.807) is 19.1 Å². The van der Waals surface area contributed by atoms with Crippen LogP contribution in [-0.2, 0) is 28.9 Å². The lowest BCUT2D eigenvalue weighted by molar-refractivity contribution is -0.140. The summed E-state index contributed by atoms with van der Waals surface area (Å²) in [6.45, 7) is 6.66.